The van der Waals surface area contributed by atoms with Gasteiger partial charge in [0.25, 0.3) is 0 Å². The highest BCUT2D eigenvalue weighted by atomic mass is 14.2. The Morgan fingerprint density at radius 3 is 0.764 bits per heavy atom. The van der Waals surface area contributed by atoms with E-state index in [0.29, 0.717) is 0 Å². The minimum Gasteiger partial charge on any atom is -0.0622 e. The fourth-order valence-corrected chi connectivity index (χ4v) is 8.26. The summed E-state index contributed by atoms with van der Waals surface area (Å²) >= 11 is 0. The third-order valence-electron chi connectivity index (χ3n) is 11.1. The second-order valence-corrected chi connectivity index (χ2v) is 14.5. The van der Waals surface area contributed by atoms with E-state index in [9.17, 15) is 0 Å². The summed E-state index contributed by atoms with van der Waals surface area (Å²) in [6.07, 6.45) is 0.874. The largest absolute Gasteiger partial charge is 0.0622 e. The zero-order valence-electron chi connectivity index (χ0n) is 30.5. The van der Waals surface area contributed by atoms with Crippen LogP contribution in [0, 0.1) is 0 Å². The highest BCUT2D eigenvalue weighted by Crippen LogP contribution is 2.44. The third-order valence-corrected chi connectivity index (χ3v) is 11.1. The average Bonchev–Trinajstić information content (AvgIpc) is 3.41. The molecule has 0 unspecified atom stereocenters. The van der Waals surface area contributed by atoms with E-state index in [1.54, 1.807) is 0 Å². The van der Waals surface area contributed by atoms with Crippen molar-refractivity contribution in [2.45, 2.75) is 6.42 Å². The van der Waals surface area contributed by atoms with Crippen molar-refractivity contribution in [2.24, 2.45) is 0 Å². The minimum atomic E-state index is 0.874. The molecular formula is C55H38. The Kier molecular flexibility index (Phi) is 8.35. The van der Waals surface area contributed by atoms with Crippen LogP contribution < -0.4 is 0 Å². The van der Waals surface area contributed by atoms with Crippen molar-refractivity contribution < 1.29 is 0 Å². The van der Waals surface area contributed by atoms with Gasteiger partial charge in [-0.15, -0.1) is 0 Å². The summed E-state index contributed by atoms with van der Waals surface area (Å²) in [5, 5.41) is 0. The first kappa shape index (κ1) is 32.6. The van der Waals surface area contributed by atoms with Gasteiger partial charge in [-0.3, -0.25) is 0 Å². The molecule has 55 heavy (non-hydrogen) atoms. The Morgan fingerprint density at radius 1 is 0.182 bits per heavy atom. The smallest absolute Gasteiger partial charge is 0.00134 e. The molecule has 9 aromatic rings. The van der Waals surface area contributed by atoms with Gasteiger partial charge in [-0.1, -0.05) is 170 Å². The monoisotopic (exact) mass is 698 g/mol. The molecule has 258 valence electrons. The summed E-state index contributed by atoms with van der Waals surface area (Å²) in [6.45, 7) is 0. The molecule has 0 spiro atoms. The Morgan fingerprint density at radius 2 is 0.455 bits per heavy atom. The van der Waals surface area contributed by atoms with Gasteiger partial charge >= 0.3 is 0 Å². The van der Waals surface area contributed by atoms with Gasteiger partial charge in [0.05, 0.1) is 0 Å². The van der Waals surface area contributed by atoms with E-state index in [1.807, 2.05) is 0 Å². The second kappa shape index (κ2) is 14.1. The van der Waals surface area contributed by atoms with E-state index in [2.05, 4.69) is 218 Å². The van der Waals surface area contributed by atoms with E-state index in [1.165, 1.54) is 100 Å². The summed E-state index contributed by atoms with van der Waals surface area (Å²) in [6, 6.07) is 80.1. The van der Waals surface area contributed by atoms with Crippen molar-refractivity contribution in [3.8, 4) is 89.0 Å². The van der Waals surface area contributed by atoms with Crippen molar-refractivity contribution >= 4 is 0 Å². The van der Waals surface area contributed by atoms with E-state index in [-0.39, 0.29) is 0 Å². The maximum absolute atomic E-state index is 2.43. The van der Waals surface area contributed by atoms with Crippen LogP contribution >= 0.6 is 0 Å². The molecule has 1 aliphatic carbocycles. The quantitative estimate of drug-likeness (QED) is 0.162. The lowest BCUT2D eigenvalue weighted by atomic mass is 9.89. The predicted octanol–water partition coefficient (Wildman–Crippen LogP) is 14.9. The highest BCUT2D eigenvalue weighted by Gasteiger charge is 2.21. The van der Waals surface area contributed by atoms with Gasteiger partial charge < -0.3 is 0 Å². The lowest BCUT2D eigenvalue weighted by Gasteiger charge is -2.15. The molecule has 0 saturated carbocycles. The zero-order valence-corrected chi connectivity index (χ0v) is 30.5. The van der Waals surface area contributed by atoms with Crippen molar-refractivity contribution in [3.63, 3.8) is 0 Å². The maximum Gasteiger partial charge on any atom is -0.00134 e. The molecule has 0 bridgehead atoms. The van der Waals surface area contributed by atoms with Crippen LogP contribution in [0.3, 0.4) is 0 Å². The van der Waals surface area contributed by atoms with Crippen LogP contribution in [-0.4, -0.2) is 0 Å². The molecule has 0 radical (unpaired) electrons. The molecule has 0 aliphatic heterocycles. The van der Waals surface area contributed by atoms with Crippen LogP contribution in [0.4, 0.5) is 0 Å². The Balaban J connectivity index is 1.09. The van der Waals surface area contributed by atoms with Gasteiger partial charge in [-0.2, -0.15) is 0 Å². The van der Waals surface area contributed by atoms with Crippen LogP contribution in [0.1, 0.15) is 11.1 Å². The summed E-state index contributed by atoms with van der Waals surface area (Å²) in [4.78, 5) is 0. The summed E-state index contributed by atoms with van der Waals surface area (Å²) in [5.41, 5.74) is 22.5. The number of benzene rings is 9. The summed E-state index contributed by atoms with van der Waals surface area (Å²) in [7, 11) is 0. The van der Waals surface area contributed by atoms with Gasteiger partial charge in [0.2, 0.25) is 0 Å². The standard InChI is InChI=1S/C55H38/c1-5-15-38(16-6-1)46-30-47(39-17-7-2-8-18-39)33-50(32-46)42-25-27-44-29-45-28-26-43(37-55(45)53-24-14-13-23-52(53)54(44)36-42)51-34-48(40-19-9-3-10-20-40)31-49(35-51)41-21-11-4-12-22-41/h1-28,30-37H,29H2. The normalized spacial score (nSPS) is 11.6. The molecule has 0 aromatic heterocycles. The van der Waals surface area contributed by atoms with Crippen LogP contribution in [0.15, 0.2) is 218 Å². The van der Waals surface area contributed by atoms with Crippen LogP contribution in [0.2, 0.25) is 0 Å². The minimum absolute atomic E-state index is 0.874. The van der Waals surface area contributed by atoms with Crippen molar-refractivity contribution in [1.29, 1.82) is 0 Å². The molecular weight excluding hydrogens is 661 g/mol. The lowest BCUT2D eigenvalue weighted by Crippen LogP contribution is -1.93. The molecule has 0 fully saturated rings. The average molecular weight is 699 g/mol. The first-order valence-corrected chi connectivity index (χ1v) is 19.1. The fourth-order valence-electron chi connectivity index (χ4n) is 8.26. The summed E-state index contributed by atoms with van der Waals surface area (Å²) in [5.74, 6) is 0. The molecule has 10 rings (SSSR count). The Hall–Kier alpha value is -7.02. The Labute approximate surface area is 323 Å². The van der Waals surface area contributed by atoms with Crippen molar-refractivity contribution in [2.75, 3.05) is 0 Å². The number of fused-ring (bicyclic) bond motifs is 5. The molecule has 0 heteroatoms. The van der Waals surface area contributed by atoms with Crippen LogP contribution in [0.5, 0.6) is 0 Å². The number of hydrogen-bond donors (Lipinski definition) is 0. The molecule has 0 saturated heterocycles. The van der Waals surface area contributed by atoms with Crippen LogP contribution in [0.25, 0.3) is 89.0 Å². The summed E-state index contributed by atoms with van der Waals surface area (Å²) < 4.78 is 0. The maximum atomic E-state index is 2.43. The predicted molar refractivity (Wildman–Crippen MR) is 233 cm³/mol. The fraction of sp³-hybridized carbons (Fsp3) is 0.0182. The molecule has 1 aliphatic rings. The highest BCUT2D eigenvalue weighted by molar-refractivity contribution is 5.93. The topological polar surface area (TPSA) is 0 Å². The van der Waals surface area contributed by atoms with Crippen molar-refractivity contribution in [3.05, 3.63) is 230 Å². The van der Waals surface area contributed by atoms with Gasteiger partial charge in [-0.05, 0) is 155 Å². The molecule has 0 heterocycles. The first-order chi connectivity index (χ1) is 27.2. The van der Waals surface area contributed by atoms with Crippen LogP contribution in [-0.2, 0) is 6.42 Å². The van der Waals surface area contributed by atoms with Gasteiger partial charge in [0.15, 0.2) is 0 Å². The lowest BCUT2D eigenvalue weighted by molar-refractivity contribution is 1.21. The van der Waals surface area contributed by atoms with Gasteiger partial charge in [-0.25, -0.2) is 0 Å². The van der Waals surface area contributed by atoms with E-state index >= 15 is 0 Å². The van der Waals surface area contributed by atoms with Gasteiger partial charge in [0, 0.05) is 0 Å². The molecule has 0 nitrogen and oxygen atoms in total. The molecule has 0 N–H and O–H groups in total. The molecule has 9 aromatic carbocycles. The first-order valence-electron chi connectivity index (χ1n) is 19.1. The van der Waals surface area contributed by atoms with Gasteiger partial charge in [0.1, 0.15) is 0 Å². The third kappa shape index (κ3) is 6.39. The number of hydrogen-bond acceptors (Lipinski definition) is 0. The number of rotatable bonds is 6. The van der Waals surface area contributed by atoms with Crippen molar-refractivity contribution in [1.82, 2.24) is 0 Å². The second-order valence-electron chi connectivity index (χ2n) is 14.5. The zero-order chi connectivity index (χ0) is 36.6. The molecule has 0 atom stereocenters. The Bertz CT molecular complexity index is 2490. The van der Waals surface area contributed by atoms with E-state index in [0.717, 1.165) is 6.42 Å². The molecule has 0 amide bonds. The SMILES string of the molecule is c1ccc(-c2cc(-c3ccccc3)cc(-c3ccc4c(c3)-c3ccccc3-c3cc(-c5cc(-c6ccccc6)cc(-c6ccccc6)c5)ccc3C4)c2)cc1. The van der Waals surface area contributed by atoms with E-state index in [4.69, 9.17) is 0 Å². The van der Waals surface area contributed by atoms with E-state index < -0.39 is 0 Å².